The van der Waals surface area contributed by atoms with Crippen molar-refractivity contribution in [2.45, 2.75) is 59.4 Å². The van der Waals surface area contributed by atoms with E-state index in [9.17, 15) is 0 Å². The Bertz CT molecular complexity index is 512. The molecule has 2 atom stereocenters. The molecule has 0 aromatic carbocycles. The van der Waals surface area contributed by atoms with Gasteiger partial charge in [-0.25, -0.2) is 0 Å². The van der Waals surface area contributed by atoms with Crippen molar-refractivity contribution in [2.24, 2.45) is 16.8 Å². The Morgan fingerprint density at radius 1 is 1.33 bits per heavy atom. The summed E-state index contributed by atoms with van der Waals surface area (Å²) < 4.78 is 2.08. The second-order valence-corrected chi connectivity index (χ2v) is 7.02. The van der Waals surface area contributed by atoms with Gasteiger partial charge in [-0.3, -0.25) is 9.67 Å². The van der Waals surface area contributed by atoms with Crippen LogP contribution in [0.4, 0.5) is 0 Å². The van der Waals surface area contributed by atoms with Gasteiger partial charge in [0.2, 0.25) is 0 Å². The number of nitrogens with one attached hydrogen (secondary N) is 2. The zero-order valence-electron chi connectivity index (χ0n) is 15.6. The van der Waals surface area contributed by atoms with Crippen molar-refractivity contribution in [3.63, 3.8) is 0 Å². The topological polar surface area (TPSA) is 54.2 Å². The summed E-state index contributed by atoms with van der Waals surface area (Å²) >= 11 is 0. The fourth-order valence-corrected chi connectivity index (χ4v) is 3.54. The van der Waals surface area contributed by atoms with Gasteiger partial charge in [-0.1, -0.05) is 19.8 Å². The molecular formula is C18H34IN5. The largest absolute Gasteiger partial charge is 0.356 e. The van der Waals surface area contributed by atoms with Gasteiger partial charge in [-0.05, 0) is 51.0 Å². The molecule has 1 aromatic heterocycles. The van der Waals surface area contributed by atoms with Gasteiger partial charge in [0.05, 0.1) is 5.69 Å². The number of aliphatic imine (C=N–C) groups is 1. The zero-order chi connectivity index (χ0) is 16.7. The highest BCUT2D eigenvalue weighted by Gasteiger charge is 2.18. The lowest BCUT2D eigenvalue weighted by Gasteiger charge is -2.27. The lowest BCUT2D eigenvalue weighted by atomic mass is 9.82. The van der Waals surface area contributed by atoms with Crippen LogP contribution in [0.25, 0.3) is 0 Å². The molecule has 0 bridgehead atoms. The lowest BCUT2D eigenvalue weighted by molar-refractivity contribution is 0.282. The maximum atomic E-state index is 4.49. The van der Waals surface area contributed by atoms with Gasteiger partial charge in [0.15, 0.2) is 5.96 Å². The van der Waals surface area contributed by atoms with Crippen LogP contribution < -0.4 is 10.6 Å². The minimum absolute atomic E-state index is 0. The monoisotopic (exact) mass is 447 g/mol. The number of halogens is 1. The fraction of sp³-hybridized carbons (Fsp3) is 0.778. The molecule has 6 heteroatoms. The van der Waals surface area contributed by atoms with E-state index in [0.29, 0.717) is 0 Å². The number of nitrogens with zero attached hydrogens (tertiary/aromatic N) is 3. The number of hydrogen-bond acceptors (Lipinski definition) is 2. The van der Waals surface area contributed by atoms with E-state index in [4.69, 9.17) is 0 Å². The van der Waals surface area contributed by atoms with Crippen LogP contribution in [0.15, 0.2) is 11.1 Å². The predicted octanol–water partition coefficient (Wildman–Crippen LogP) is 3.50. The molecule has 24 heavy (non-hydrogen) atoms. The summed E-state index contributed by atoms with van der Waals surface area (Å²) in [6, 6.07) is 2.12. The molecule has 0 spiro atoms. The second kappa shape index (κ2) is 10.9. The number of guanidine groups is 1. The average molecular weight is 447 g/mol. The van der Waals surface area contributed by atoms with E-state index >= 15 is 0 Å². The minimum Gasteiger partial charge on any atom is -0.356 e. The SMILES string of the molecule is CN=C(NCCCn1nc(C)cc1C)NCC1CCCC(C)C1.I. The maximum absolute atomic E-state index is 4.49. The summed E-state index contributed by atoms with van der Waals surface area (Å²) in [5.41, 5.74) is 2.33. The van der Waals surface area contributed by atoms with E-state index in [1.807, 2.05) is 14.0 Å². The third-order valence-corrected chi connectivity index (χ3v) is 4.77. The van der Waals surface area contributed by atoms with Gasteiger partial charge in [0.1, 0.15) is 0 Å². The Morgan fingerprint density at radius 3 is 2.75 bits per heavy atom. The van der Waals surface area contributed by atoms with E-state index in [0.717, 1.165) is 49.5 Å². The quantitative estimate of drug-likeness (QED) is 0.304. The molecule has 138 valence electrons. The van der Waals surface area contributed by atoms with E-state index in [1.54, 1.807) is 0 Å². The Morgan fingerprint density at radius 2 is 2.12 bits per heavy atom. The molecule has 1 saturated carbocycles. The molecule has 1 fully saturated rings. The van der Waals surface area contributed by atoms with Crippen LogP contribution in [-0.4, -0.2) is 35.9 Å². The van der Waals surface area contributed by atoms with Crippen LogP contribution in [0.3, 0.4) is 0 Å². The number of aromatic nitrogens is 2. The van der Waals surface area contributed by atoms with Crippen molar-refractivity contribution < 1.29 is 0 Å². The maximum Gasteiger partial charge on any atom is 0.190 e. The first-order valence-electron chi connectivity index (χ1n) is 9.04. The van der Waals surface area contributed by atoms with Gasteiger partial charge in [0, 0.05) is 32.4 Å². The highest BCUT2D eigenvalue weighted by Crippen LogP contribution is 2.27. The van der Waals surface area contributed by atoms with Crippen LogP contribution in [-0.2, 0) is 6.54 Å². The van der Waals surface area contributed by atoms with Crippen molar-refractivity contribution in [2.75, 3.05) is 20.1 Å². The molecule has 1 aliphatic rings. The van der Waals surface area contributed by atoms with Crippen molar-refractivity contribution in [3.8, 4) is 0 Å². The molecule has 1 aromatic rings. The molecule has 2 N–H and O–H groups in total. The highest BCUT2D eigenvalue weighted by molar-refractivity contribution is 14.0. The first kappa shape index (κ1) is 21.3. The highest BCUT2D eigenvalue weighted by atomic mass is 127. The third-order valence-electron chi connectivity index (χ3n) is 4.77. The molecule has 5 nitrogen and oxygen atoms in total. The summed E-state index contributed by atoms with van der Waals surface area (Å²) in [5.74, 6) is 2.61. The summed E-state index contributed by atoms with van der Waals surface area (Å²) in [6.07, 6.45) is 6.52. The normalized spacial score (nSPS) is 21.2. The summed E-state index contributed by atoms with van der Waals surface area (Å²) in [7, 11) is 1.85. The standard InChI is InChI=1S/C18H33N5.HI/c1-14-7-5-8-17(11-14)13-21-18(19-4)20-9-6-10-23-16(3)12-15(2)22-23;/h12,14,17H,5-11,13H2,1-4H3,(H2,19,20,21);1H. The van der Waals surface area contributed by atoms with Gasteiger partial charge >= 0.3 is 0 Å². The van der Waals surface area contributed by atoms with Crippen LogP contribution in [0.5, 0.6) is 0 Å². The van der Waals surface area contributed by atoms with E-state index in [-0.39, 0.29) is 24.0 Å². The number of hydrogen-bond donors (Lipinski definition) is 2. The predicted molar refractivity (Wildman–Crippen MR) is 112 cm³/mol. The van der Waals surface area contributed by atoms with Gasteiger partial charge in [-0.2, -0.15) is 5.10 Å². The van der Waals surface area contributed by atoms with E-state index < -0.39 is 0 Å². The smallest absolute Gasteiger partial charge is 0.190 e. The van der Waals surface area contributed by atoms with Crippen molar-refractivity contribution >= 4 is 29.9 Å². The summed E-state index contributed by atoms with van der Waals surface area (Å²) in [5, 5.41) is 11.4. The molecule has 1 aliphatic carbocycles. The molecule has 2 rings (SSSR count). The first-order valence-corrected chi connectivity index (χ1v) is 9.04. The number of rotatable bonds is 6. The Kier molecular flexibility index (Phi) is 9.69. The van der Waals surface area contributed by atoms with Gasteiger partial charge in [0.25, 0.3) is 0 Å². The average Bonchev–Trinajstić information content (AvgIpc) is 2.84. The van der Waals surface area contributed by atoms with Crippen molar-refractivity contribution in [1.82, 2.24) is 20.4 Å². The molecule has 0 saturated heterocycles. The van der Waals surface area contributed by atoms with Crippen LogP contribution in [0.2, 0.25) is 0 Å². The van der Waals surface area contributed by atoms with Crippen LogP contribution in [0.1, 0.15) is 50.4 Å². The molecule has 0 amide bonds. The van der Waals surface area contributed by atoms with Gasteiger partial charge < -0.3 is 10.6 Å². The second-order valence-electron chi connectivity index (χ2n) is 7.02. The summed E-state index contributed by atoms with van der Waals surface area (Å²) in [4.78, 5) is 4.33. The number of aryl methyl sites for hydroxylation is 3. The van der Waals surface area contributed by atoms with E-state index in [2.05, 4.69) is 45.3 Å². The Hall–Kier alpha value is -0.790. The molecular weight excluding hydrogens is 413 g/mol. The van der Waals surface area contributed by atoms with Crippen molar-refractivity contribution in [3.05, 3.63) is 17.5 Å². The molecule has 1 heterocycles. The zero-order valence-corrected chi connectivity index (χ0v) is 18.0. The van der Waals surface area contributed by atoms with Crippen LogP contribution in [0, 0.1) is 25.7 Å². The molecule has 0 radical (unpaired) electrons. The lowest BCUT2D eigenvalue weighted by Crippen LogP contribution is -2.41. The Labute approximate surface area is 164 Å². The van der Waals surface area contributed by atoms with Crippen LogP contribution >= 0.6 is 24.0 Å². The minimum atomic E-state index is 0. The van der Waals surface area contributed by atoms with Crippen molar-refractivity contribution in [1.29, 1.82) is 0 Å². The first-order chi connectivity index (χ1) is 11.1. The molecule has 2 unspecified atom stereocenters. The summed E-state index contributed by atoms with van der Waals surface area (Å²) in [6.45, 7) is 9.43. The van der Waals surface area contributed by atoms with E-state index in [1.165, 1.54) is 31.4 Å². The fourth-order valence-electron chi connectivity index (χ4n) is 3.54. The third kappa shape index (κ3) is 6.99. The Balaban J connectivity index is 0.00000288. The van der Waals surface area contributed by atoms with Gasteiger partial charge in [-0.15, -0.1) is 24.0 Å². The molecule has 0 aliphatic heterocycles.